The molecule has 0 bridgehead atoms. The number of amides is 1. The highest BCUT2D eigenvalue weighted by molar-refractivity contribution is 9.10. The van der Waals surface area contributed by atoms with Crippen LogP contribution in [0.3, 0.4) is 0 Å². The van der Waals surface area contributed by atoms with Crippen molar-refractivity contribution in [1.82, 2.24) is 5.32 Å². The van der Waals surface area contributed by atoms with Crippen molar-refractivity contribution >= 4 is 21.8 Å². The molecule has 0 aliphatic heterocycles. The van der Waals surface area contributed by atoms with Gasteiger partial charge < -0.3 is 10.4 Å². The molecule has 0 saturated carbocycles. The van der Waals surface area contributed by atoms with E-state index in [1.807, 2.05) is 0 Å². The van der Waals surface area contributed by atoms with Crippen molar-refractivity contribution < 1.29 is 9.90 Å². The monoisotopic (exact) mass is 327 g/mol. The number of aromatic hydroxyl groups is 1. The summed E-state index contributed by atoms with van der Waals surface area (Å²) in [4.78, 5) is 12.0. The van der Waals surface area contributed by atoms with Gasteiger partial charge in [0.2, 0.25) is 0 Å². The van der Waals surface area contributed by atoms with Crippen LogP contribution in [0.15, 0.2) is 22.7 Å². The van der Waals surface area contributed by atoms with Gasteiger partial charge in [0, 0.05) is 11.0 Å². The zero-order valence-electron chi connectivity index (χ0n) is 11.6. The van der Waals surface area contributed by atoms with E-state index in [-0.39, 0.29) is 11.7 Å². The van der Waals surface area contributed by atoms with E-state index in [0.29, 0.717) is 18.0 Å². The molecule has 0 aromatic heterocycles. The molecule has 0 saturated heterocycles. The fourth-order valence-corrected chi connectivity index (χ4v) is 2.33. The van der Waals surface area contributed by atoms with Crippen LogP contribution in [-0.4, -0.2) is 17.6 Å². The predicted octanol–water partition coefficient (Wildman–Crippen LogP) is 4.10. The molecule has 0 spiro atoms. The number of halogens is 1. The van der Waals surface area contributed by atoms with Crippen LogP contribution in [0.1, 0.15) is 49.9 Å². The number of benzene rings is 1. The second-order valence-corrected chi connectivity index (χ2v) is 5.70. The van der Waals surface area contributed by atoms with E-state index < -0.39 is 0 Å². The van der Waals surface area contributed by atoms with Crippen molar-refractivity contribution in [2.45, 2.75) is 39.5 Å². The van der Waals surface area contributed by atoms with Crippen LogP contribution >= 0.6 is 15.9 Å². The SMILES string of the molecule is CCCCC(CC)CNC(=O)c1cc(Br)ccc1O. The fraction of sp³-hybridized carbons (Fsp3) is 0.533. The summed E-state index contributed by atoms with van der Waals surface area (Å²) in [7, 11) is 0. The first-order valence-electron chi connectivity index (χ1n) is 6.85. The van der Waals surface area contributed by atoms with Crippen LogP contribution in [0.4, 0.5) is 0 Å². The first-order chi connectivity index (χ1) is 9.08. The molecule has 1 unspecified atom stereocenters. The minimum absolute atomic E-state index is 0.0160. The van der Waals surface area contributed by atoms with E-state index >= 15 is 0 Å². The Morgan fingerprint density at radius 1 is 1.42 bits per heavy atom. The van der Waals surface area contributed by atoms with Crippen molar-refractivity contribution in [1.29, 1.82) is 0 Å². The molecule has 106 valence electrons. The number of phenolic OH excluding ortho intramolecular Hbond substituents is 1. The van der Waals surface area contributed by atoms with Gasteiger partial charge in [-0.15, -0.1) is 0 Å². The fourth-order valence-electron chi connectivity index (χ4n) is 1.97. The molecule has 3 nitrogen and oxygen atoms in total. The maximum atomic E-state index is 12.0. The lowest BCUT2D eigenvalue weighted by molar-refractivity contribution is 0.0943. The Morgan fingerprint density at radius 3 is 2.79 bits per heavy atom. The molecule has 2 N–H and O–H groups in total. The Balaban J connectivity index is 2.56. The van der Waals surface area contributed by atoms with Crippen molar-refractivity contribution in [2.75, 3.05) is 6.54 Å². The highest BCUT2D eigenvalue weighted by atomic mass is 79.9. The van der Waals surface area contributed by atoms with E-state index in [0.717, 1.165) is 17.3 Å². The molecule has 0 aliphatic carbocycles. The van der Waals surface area contributed by atoms with Crippen LogP contribution in [0.2, 0.25) is 0 Å². The number of hydrogen-bond donors (Lipinski definition) is 2. The minimum Gasteiger partial charge on any atom is -0.507 e. The van der Waals surface area contributed by atoms with Crippen molar-refractivity contribution in [3.63, 3.8) is 0 Å². The number of rotatable bonds is 7. The standard InChI is InChI=1S/C15H22BrNO2/c1-3-5-6-11(4-2)10-17-15(19)13-9-12(16)7-8-14(13)18/h7-9,11,18H,3-6,10H2,1-2H3,(H,17,19). The van der Waals surface area contributed by atoms with Gasteiger partial charge in [-0.2, -0.15) is 0 Å². The van der Waals surface area contributed by atoms with Crippen molar-refractivity contribution in [2.24, 2.45) is 5.92 Å². The molecule has 1 rings (SSSR count). The minimum atomic E-state index is -0.214. The zero-order chi connectivity index (χ0) is 14.3. The molecule has 1 amide bonds. The summed E-state index contributed by atoms with van der Waals surface area (Å²) in [5.74, 6) is 0.314. The Kier molecular flexibility index (Phi) is 6.92. The van der Waals surface area contributed by atoms with Gasteiger partial charge >= 0.3 is 0 Å². The maximum absolute atomic E-state index is 12.0. The molecular formula is C15H22BrNO2. The molecule has 0 heterocycles. The highest BCUT2D eigenvalue weighted by Gasteiger charge is 2.13. The zero-order valence-corrected chi connectivity index (χ0v) is 13.2. The molecule has 0 aliphatic rings. The molecule has 0 fully saturated rings. The van der Waals surface area contributed by atoms with E-state index in [2.05, 4.69) is 35.1 Å². The normalized spacial score (nSPS) is 12.2. The van der Waals surface area contributed by atoms with E-state index in [4.69, 9.17) is 0 Å². The van der Waals surface area contributed by atoms with Crippen molar-refractivity contribution in [3.05, 3.63) is 28.2 Å². The maximum Gasteiger partial charge on any atom is 0.255 e. The van der Waals surface area contributed by atoms with Crippen LogP contribution in [0, 0.1) is 5.92 Å². The molecular weight excluding hydrogens is 306 g/mol. The van der Waals surface area contributed by atoms with Gasteiger partial charge in [0.1, 0.15) is 5.75 Å². The first kappa shape index (κ1) is 16.0. The van der Waals surface area contributed by atoms with Crippen LogP contribution < -0.4 is 5.32 Å². The quantitative estimate of drug-likeness (QED) is 0.792. The van der Waals surface area contributed by atoms with Gasteiger partial charge in [-0.1, -0.05) is 49.0 Å². The Morgan fingerprint density at radius 2 is 2.16 bits per heavy atom. The summed E-state index contributed by atoms with van der Waals surface area (Å²) >= 11 is 3.30. The molecule has 19 heavy (non-hydrogen) atoms. The summed E-state index contributed by atoms with van der Waals surface area (Å²) in [6.45, 7) is 4.98. The average molecular weight is 328 g/mol. The molecule has 1 aromatic rings. The smallest absolute Gasteiger partial charge is 0.255 e. The van der Waals surface area contributed by atoms with E-state index in [1.165, 1.54) is 18.9 Å². The molecule has 4 heteroatoms. The van der Waals surface area contributed by atoms with Gasteiger partial charge in [0.05, 0.1) is 5.56 Å². The Labute approximate surface area is 123 Å². The third-order valence-corrected chi connectivity index (χ3v) is 3.79. The summed E-state index contributed by atoms with van der Waals surface area (Å²) in [5.41, 5.74) is 0.319. The number of carbonyl (C=O) groups is 1. The van der Waals surface area contributed by atoms with E-state index in [1.54, 1.807) is 12.1 Å². The van der Waals surface area contributed by atoms with Gasteiger partial charge in [0.15, 0.2) is 0 Å². The van der Waals surface area contributed by atoms with Gasteiger partial charge in [-0.25, -0.2) is 0 Å². The summed E-state index contributed by atoms with van der Waals surface area (Å²) in [5, 5.41) is 12.6. The predicted molar refractivity (Wildman–Crippen MR) is 81.4 cm³/mol. The third-order valence-electron chi connectivity index (χ3n) is 3.30. The lowest BCUT2D eigenvalue weighted by Crippen LogP contribution is -2.29. The number of unbranched alkanes of at least 4 members (excludes halogenated alkanes) is 1. The second-order valence-electron chi connectivity index (χ2n) is 4.79. The number of nitrogens with one attached hydrogen (secondary N) is 1. The van der Waals surface area contributed by atoms with Gasteiger partial charge in [-0.3, -0.25) is 4.79 Å². The van der Waals surface area contributed by atoms with Crippen LogP contribution in [0.25, 0.3) is 0 Å². The lowest BCUT2D eigenvalue weighted by Gasteiger charge is -2.15. The van der Waals surface area contributed by atoms with Gasteiger partial charge in [-0.05, 0) is 30.5 Å². The Bertz CT molecular complexity index is 421. The largest absolute Gasteiger partial charge is 0.507 e. The number of phenols is 1. The second kappa shape index (κ2) is 8.20. The van der Waals surface area contributed by atoms with Crippen LogP contribution in [-0.2, 0) is 0 Å². The lowest BCUT2D eigenvalue weighted by atomic mass is 9.99. The van der Waals surface area contributed by atoms with Crippen molar-refractivity contribution in [3.8, 4) is 5.75 Å². The summed E-state index contributed by atoms with van der Waals surface area (Å²) in [6, 6.07) is 4.87. The van der Waals surface area contributed by atoms with E-state index in [9.17, 15) is 9.90 Å². The Hall–Kier alpha value is -1.03. The van der Waals surface area contributed by atoms with Crippen LogP contribution in [0.5, 0.6) is 5.75 Å². The molecule has 1 aromatic carbocycles. The highest BCUT2D eigenvalue weighted by Crippen LogP contribution is 2.22. The average Bonchev–Trinajstić information content (AvgIpc) is 2.41. The molecule has 0 radical (unpaired) electrons. The number of hydrogen-bond acceptors (Lipinski definition) is 2. The first-order valence-corrected chi connectivity index (χ1v) is 7.64. The summed E-state index contributed by atoms with van der Waals surface area (Å²) in [6.07, 6.45) is 4.57. The topological polar surface area (TPSA) is 49.3 Å². The van der Waals surface area contributed by atoms with Gasteiger partial charge in [0.25, 0.3) is 5.91 Å². The summed E-state index contributed by atoms with van der Waals surface area (Å²) < 4.78 is 0.786. The number of carbonyl (C=O) groups excluding carboxylic acids is 1. The molecule has 1 atom stereocenters. The third kappa shape index (κ3) is 5.23.